The number of pyridine rings is 1. The first-order chi connectivity index (χ1) is 15.7. The summed E-state index contributed by atoms with van der Waals surface area (Å²) in [4.78, 5) is 15.5. The number of benzene rings is 2. The van der Waals surface area contributed by atoms with Gasteiger partial charge < -0.3 is 15.0 Å². The molecule has 0 atom stereocenters. The average Bonchev–Trinajstić information content (AvgIpc) is 3.12. The van der Waals surface area contributed by atoms with E-state index in [4.69, 9.17) is 11.2 Å². The van der Waals surface area contributed by atoms with Gasteiger partial charge in [0.05, 0.1) is 12.5 Å². The van der Waals surface area contributed by atoms with Crippen molar-refractivity contribution in [1.29, 1.82) is 0 Å². The Morgan fingerprint density at radius 1 is 1.12 bits per heavy atom. The van der Waals surface area contributed by atoms with Crippen molar-refractivity contribution in [3.8, 4) is 29.6 Å². The second-order valence-corrected chi connectivity index (χ2v) is 7.66. The molecule has 1 saturated heterocycles. The average molecular weight is 427 g/mol. The Morgan fingerprint density at radius 3 is 2.78 bits per heavy atom. The lowest BCUT2D eigenvalue weighted by atomic mass is 9.97. The maximum atomic E-state index is 16.0. The fourth-order valence-corrected chi connectivity index (χ4v) is 4.26. The van der Waals surface area contributed by atoms with Crippen molar-refractivity contribution in [2.75, 3.05) is 38.2 Å². The highest BCUT2D eigenvalue weighted by Crippen LogP contribution is 2.35. The van der Waals surface area contributed by atoms with Gasteiger partial charge in [-0.25, -0.2) is 4.39 Å². The highest BCUT2D eigenvalue weighted by Gasteiger charge is 2.22. The van der Waals surface area contributed by atoms with Gasteiger partial charge in [-0.05, 0) is 24.4 Å². The van der Waals surface area contributed by atoms with Crippen molar-refractivity contribution in [3.05, 3.63) is 54.0 Å². The molecule has 1 aliphatic heterocycles. The number of nitrogens with zero attached hydrogens (tertiary/aromatic N) is 4. The monoisotopic (exact) mass is 427 g/mol. The SMILES string of the molecule is C#Cc1cccc2cccc(-c3ncc4c(N5CCCNCC5)nc(OC)nc4c3F)c12. The first-order valence-electron chi connectivity index (χ1n) is 10.6. The van der Waals surface area contributed by atoms with Crippen LogP contribution >= 0.6 is 0 Å². The van der Waals surface area contributed by atoms with E-state index in [1.165, 1.54) is 7.11 Å². The number of fused-ring (bicyclic) bond motifs is 2. The number of methoxy groups -OCH3 is 1. The molecule has 2 aromatic heterocycles. The molecule has 0 radical (unpaired) electrons. The molecular formula is C25H22FN5O. The van der Waals surface area contributed by atoms with Gasteiger partial charge in [-0.2, -0.15) is 9.97 Å². The van der Waals surface area contributed by atoms with Crippen molar-refractivity contribution in [2.45, 2.75) is 6.42 Å². The standard InChI is InChI=1S/C25H22FN5O/c1-3-16-7-4-8-17-9-5-10-18(20(16)17)22-21(26)23-19(15-28-22)24(30-25(29-23)32-2)31-13-6-11-27-12-14-31/h1,4-5,7-10,15,27H,6,11-14H2,2H3. The second-order valence-electron chi connectivity index (χ2n) is 7.66. The Kier molecular flexibility index (Phi) is 5.29. The second kappa shape index (κ2) is 8.40. The predicted molar refractivity (Wildman–Crippen MR) is 124 cm³/mol. The van der Waals surface area contributed by atoms with Crippen LogP contribution in [-0.2, 0) is 0 Å². The summed E-state index contributed by atoms with van der Waals surface area (Å²) in [5.41, 5.74) is 1.71. The smallest absolute Gasteiger partial charge is 0.318 e. The van der Waals surface area contributed by atoms with Gasteiger partial charge in [-0.3, -0.25) is 4.98 Å². The molecule has 1 aliphatic rings. The molecule has 4 aromatic rings. The van der Waals surface area contributed by atoms with E-state index >= 15 is 4.39 Å². The third-order valence-electron chi connectivity index (χ3n) is 5.78. The highest BCUT2D eigenvalue weighted by atomic mass is 19.1. The van der Waals surface area contributed by atoms with Crippen molar-refractivity contribution in [2.24, 2.45) is 0 Å². The Hall–Kier alpha value is -3.76. The summed E-state index contributed by atoms with van der Waals surface area (Å²) >= 11 is 0. The van der Waals surface area contributed by atoms with Crippen LogP contribution in [0.1, 0.15) is 12.0 Å². The minimum absolute atomic E-state index is 0.128. The van der Waals surface area contributed by atoms with Crippen molar-refractivity contribution < 1.29 is 9.13 Å². The van der Waals surface area contributed by atoms with E-state index in [2.05, 4.69) is 31.1 Å². The van der Waals surface area contributed by atoms with Crippen LogP contribution in [0.25, 0.3) is 32.9 Å². The molecule has 1 fully saturated rings. The number of nitrogens with one attached hydrogen (secondary N) is 1. The quantitative estimate of drug-likeness (QED) is 0.502. The number of ether oxygens (including phenoxy) is 1. The highest BCUT2D eigenvalue weighted by molar-refractivity contribution is 6.01. The van der Waals surface area contributed by atoms with Crippen LogP contribution < -0.4 is 15.0 Å². The van der Waals surface area contributed by atoms with Crippen molar-refractivity contribution >= 4 is 27.5 Å². The first-order valence-corrected chi connectivity index (χ1v) is 10.6. The number of rotatable bonds is 3. The number of terminal acetylenes is 1. The van der Waals surface area contributed by atoms with E-state index in [9.17, 15) is 0 Å². The Balaban J connectivity index is 1.75. The number of anilines is 1. The molecule has 1 N–H and O–H groups in total. The van der Waals surface area contributed by atoms with Crippen molar-refractivity contribution in [1.82, 2.24) is 20.3 Å². The van der Waals surface area contributed by atoms with Gasteiger partial charge in [0.2, 0.25) is 0 Å². The summed E-state index contributed by atoms with van der Waals surface area (Å²) in [6.07, 6.45) is 8.35. The van der Waals surface area contributed by atoms with Crippen LogP contribution in [0.2, 0.25) is 0 Å². The van der Waals surface area contributed by atoms with E-state index in [-0.39, 0.29) is 17.2 Å². The lowest BCUT2D eigenvalue weighted by Gasteiger charge is -2.23. The van der Waals surface area contributed by atoms with E-state index in [1.807, 2.05) is 36.4 Å². The number of aromatic nitrogens is 3. The molecule has 0 saturated carbocycles. The van der Waals surface area contributed by atoms with Crippen molar-refractivity contribution in [3.63, 3.8) is 0 Å². The fourth-order valence-electron chi connectivity index (χ4n) is 4.26. The van der Waals surface area contributed by atoms with Crippen LogP contribution in [0.15, 0.2) is 42.6 Å². The van der Waals surface area contributed by atoms with Gasteiger partial charge in [0.15, 0.2) is 5.82 Å². The van der Waals surface area contributed by atoms with Crippen LogP contribution in [0.5, 0.6) is 6.01 Å². The summed E-state index contributed by atoms with van der Waals surface area (Å²) in [6.45, 7) is 3.33. The Morgan fingerprint density at radius 2 is 1.97 bits per heavy atom. The zero-order valence-electron chi connectivity index (χ0n) is 17.7. The molecule has 160 valence electrons. The van der Waals surface area contributed by atoms with Gasteiger partial charge in [0.1, 0.15) is 17.0 Å². The van der Waals surface area contributed by atoms with Gasteiger partial charge in [-0.1, -0.05) is 36.3 Å². The van der Waals surface area contributed by atoms with Gasteiger partial charge in [0.25, 0.3) is 0 Å². The summed E-state index contributed by atoms with van der Waals surface area (Å²) in [5.74, 6) is 2.82. The lowest BCUT2D eigenvalue weighted by molar-refractivity contribution is 0.381. The minimum Gasteiger partial charge on any atom is -0.467 e. The largest absolute Gasteiger partial charge is 0.467 e. The first kappa shape index (κ1) is 20.2. The number of hydrogen-bond donors (Lipinski definition) is 1. The summed E-state index contributed by atoms with van der Waals surface area (Å²) in [7, 11) is 1.48. The molecular weight excluding hydrogens is 405 g/mol. The predicted octanol–water partition coefficient (Wildman–Crippen LogP) is 3.77. The molecule has 32 heavy (non-hydrogen) atoms. The van der Waals surface area contributed by atoms with E-state index in [0.29, 0.717) is 22.3 Å². The van der Waals surface area contributed by atoms with Crippen LogP contribution in [0, 0.1) is 18.2 Å². The number of halogens is 1. The summed E-state index contributed by atoms with van der Waals surface area (Å²) in [5, 5.41) is 5.66. The third kappa shape index (κ3) is 3.39. The zero-order valence-corrected chi connectivity index (χ0v) is 17.7. The summed E-state index contributed by atoms with van der Waals surface area (Å²) < 4.78 is 21.3. The normalized spacial score (nSPS) is 14.3. The molecule has 2 aromatic carbocycles. The van der Waals surface area contributed by atoms with Gasteiger partial charge in [0, 0.05) is 42.3 Å². The molecule has 0 unspecified atom stereocenters. The molecule has 5 rings (SSSR count). The maximum absolute atomic E-state index is 16.0. The molecule has 0 amide bonds. The Bertz CT molecular complexity index is 1350. The van der Waals surface area contributed by atoms with E-state index < -0.39 is 5.82 Å². The summed E-state index contributed by atoms with van der Waals surface area (Å²) in [6, 6.07) is 11.5. The number of hydrogen-bond acceptors (Lipinski definition) is 6. The molecule has 6 nitrogen and oxygen atoms in total. The van der Waals surface area contributed by atoms with Crippen LogP contribution in [0.3, 0.4) is 0 Å². The molecule has 3 heterocycles. The molecule has 0 bridgehead atoms. The fraction of sp³-hybridized carbons (Fsp3) is 0.240. The molecule has 7 heteroatoms. The minimum atomic E-state index is -0.517. The maximum Gasteiger partial charge on any atom is 0.318 e. The molecule has 0 spiro atoms. The van der Waals surface area contributed by atoms with Crippen LogP contribution in [-0.4, -0.2) is 48.2 Å². The zero-order chi connectivity index (χ0) is 22.1. The van der Waals surface area contributed by atoms with Gasteiger partial charge >= 0.3 is 6.01 Å². The topological polar surface area (TPSA) is 63.2 Å². The Labute approximate surface area is 185 Å². The van der Waals surface area contributed by atoms with Crippen LogP contribution in [0.4, 0.5) is 10.2 Å². The molecule has 0 aliphatic carbocycles. The lowest BCUT2D eigenvalue weighted by Crippen LogP contribution is -2.29. The van der Waals surface area contributed by atoms with E-state index in [0.717, 1.165) is 43.4 Å². The third-order valence-corrected chi connectivity index (χ3v) is 5.78. The van der Waals surface area contributed by atoms with Gasteiger partial charge in [-0.15, -0.1) is 6.42 Å². The van der Waals surface area contributed by atoms with E-state index in [1.54, 1.807) is 6.20 Å².